The van der Waals surface area contributed by atoms with E-state index in [1.165, 1.54) is 12.1 Å². The molecule has 0 N–H and O–H groups in total. The number of benzene rings is 2. The van der Waals surface area contributed by atoms with Crippen LogP contribution in [0.5, 0.6) is 5.75 Å². The second-order valence-corrected chi connectivity index (χ2v) is 5.57. The highest BCUT2D eigenvalue weighted by atomic mass is 35.5. The van der Waals surface area contributed by atoms with Gasteiger partial charge in [-0.25, -0.2) is 0 Å². The number of carbonyl (C=O) groups is 1. The standard InChI is InChI=1S/C17H15ClF2O2/c1-11(2)22-15-9-7-13(8-10-15)12-3-5-14(6-4-12)16(21)17(18,19)20/h3-11H,1-2H3. The van der Waals surface area contributed by atoms with Crippen LogP contribution >= 0.6 is 11.6 Å². The molecule has 0 heterocycles. The van der Waals surface area contributed by atoms with E-state index in [0.717, 1.165) is 16.9 Å². The lowest BCUT2D eigenvalue weighted by Gasteiger charge is -2.10. The fourth-order valence-corrected chi connectivity index (χ4v) is 2.08. The maximum atomic E-state index is 12.8. The van der Waals surface area contributed by atoms with Gasteiger partial charge in [0.2, 0.25) is 5.78 Å². The van der Waals surface area contributed by atoms with Crippen molar-refractivity contribution in [1.82, 2.24) is 0 Å². The molecule has 0 saturated heterocycles. The number of ketones is 1. The first-order valence-electron chi connectivity index (χ1n) is 6.76. The number of ether oxygens (including phenoxy) is 1. The maximum absolute atomic E-state index is 12.8. The van der Waals surface area contributed by atoms with Crippen LogP contribution in [0, 0.1) is 0 Å². The first kappa shape index (κ1) is 16.4. The van der Waals surface area contributed by atoms with Crippen molar-refractivity contribution in [2.75, 3.05) is 0 Å². The Kier molecular flexibility index (Phi) is 4.81. The Bertz CT molecular complexity index is 644. The molecule has 0 amide bonds. The molecule has 2 aromatic rings. The van der Waals surface area contributed by atoms with E-state index in [9.17, 15) is 13.6 Å². The van der Waals surface area contributed by atoms with Crippen molar-refractivity contribution in [1.29, 1.82) is 0 Å². The summed E-state index contributed by atoms with van der Waals surface area (Å²) in [6.45, 7) is 3.88. The van der Waals surface area contributed by atoms with Gasteiger partial charge in [-0.1, -0.05) is 36.4 Å². The normalized spacial score (nSPS) is 11.5. The zero-order chi connectivity index (χ0) is 16.3. The summed E-state index contributed by atoms with van der Waals surface area (Å²) < 4.78 is 31.1. The smallest absolute Gasteiger partial charge is 0.384 e. The van der Waals surface area contributed by atoms with Gasteiger partial charge in [0.1, 0.15) is 5.75 Å². The molecule has 0 aromatic heterocycles. The largest absolute Gasteiger partial charge is 0.491 e. The molecule has 0 spiro atoms. The van der Waals surface area contributed by atoms with Crippen molar-refractivity contribution in [2.45, 2.75) is 25.3 Å². The third-order valence-corrected chi connectivity index (χ3v) is 3.14. The van der Waals surface area contributed by atoms with Gasteiger partial charge in [0.15, 0.2) is 0 Å². The molecule has 2 nitrogen and oxygen atoms in total. The van der Waals surface area contributed by atoms with E-state index in [-0.39, 0.29) is 11.7 Å². The summed E-state index contributed by atoms with van der Waals surface area (Å²) in [5.41, 5.74) is 1.58. The Morgan fingerprint density at radius 1 is 1.00 bits per heavy atom. The van der Waals surface area contributed by atoms with Gasteiger partial charge in [0.05, 0.1) is 6.10 Å². The SMILES string of the molecule is CC(C)Oc1ccc(-c2ccc(C(=O)C(F)(F)Cl)cc2)cc1. The molecule has 0 atom stereocenters. The van der Waals surface area contributed by atoms with E-state index in [0.29, 0.717) is 0 Å². The van der Waals surface area contributed by atoms with Crippen molar-refractivity contribution in [2.24, 2.45) is 0 Å². The van der Waals surface area contributed by atoms with Gasteiger partial charge in [-0.15, -0.1) is 0 Å². The zero-order valence-corrected chi connectivity index (χ0v) is 12.9. The molecule has 0 bridgehead atoms. The van der Waals surface area contributed by atoms with Gasteiger partial charge in [-0.3, -0.25) is 4.79 Å². The van der Waals surface area contributed by atoms with E-state index in [1.54, 1.807) is 12.1 Å². The number of hydrogen-bond donors (Lipinski definition) is 0. The molecule has 0 radical (unpaired) electrons. The summed E-state index contributed by atoms with van der Waals surface area (Å²) in [7, 11) is 0. The average Bonchev–Trinajstić information content (AvgIpc) is 2.46. The number of halogens is 3. The van der Waals surface area contributed by atoms with Crippen LogP contribution < -0.4 is 4.74 Å². The van der Waals surface area contributed by atoms with Crippen LogP contribution in [-0.4, -0.2) is 17.3 Å². The van der Waals surface area contributed by atoms with Crippen LogP contribution in [0.1, 0.15) is 24.2 Å². The summed E-state index contributed by atoms with van der Waals surface area (Å²) in [6.07, 6.45) is 0.0911. The first-order chi connectivity index (χ1) is 10.3. The van der Waals surface area contributed by atoms with Crippen LogP contribution in [0.2, 0.25) is 0 Å². The molecule has 0 unspecified atom stereocenters. The van der Waals surface area contributed by atoms with Crippen molar-refractivity contribution in [3.05, 3.63) is 54.1 Å². The second-order valence-electron chi connectivity index (χ2n) is 5.10. The van der Waals surface area contributed by atoms with Crippen molar-refractivity contribution in [3.8, 4) is 16.9 Å². The molecule has 116 valence electrons. The molecular formula is C17H15ClF2O2. The molecule has 0 aliphatic carbocycles. The Labute approximate surface area is 132 Å². The Morgan fingerprint density at radius 3 is 1.86 bits per heavy atom. The number of hydrogen-bond acceptors (Lipinski definition) is 2. The number of Topliss-reactive ketones (excluding diaryl/α,β-unsaturated/α-hetero) is 1. The lowest BCUT2D eigenvalue weighted by atomic mass is 10.0. The monoisotopic (exact) mass is 324 g/mol. The minimum atomic E-state index is -3.88. The number of alkyl halides is 3. The van der Waals surface area contributed by atoms with Crippen LogP contribution in [0.3, 0.4) is 0 Å². The van der Waals surface area contributed by atoms with E-state index in [4.69, 9.17) is 16.3 Å². The zero-order valence-electron chi connectivity index (χ0n) is 12.1. The number of carbonyl (C=O) groups excluding carboxylic acids is 1. The molecule has 0 saturated carbocycles. The van der Waals surface area contributed by atoms with Gasteiger partial charge in [-0.2, -0.15) is 8.78 Å². The van der Waals surface area contributed by atoms with Crippen molar-refractivity contribution < 1.29 is 18.3 Å². The predicted molar refractivity (Wildman–Crippen MR) is 82.8 cm³/mol. The highest BCUT2D eigenvalue weighted by Crippen LogP contribution is 2.27. The summed E-state index contributed by atoms with van der Waals surface area (Å²) in [5, 5.41) is -3.88. The van der Waals surface area contributed by atoms with Gasteiger partial charge in [0.25, 0.3) is 0 Å². The summed E-state index contributed by atoms with van der Waals surface area (Å²) in [5.74, 6) is -0.645. The Hall–Kier alpha value is -1.94. The molecular weight excluding hydrogens is 310 g/mol. The summed E-state index contributed by atoms with van der Waals surface area (Å²) >= 11 is 4.74. The van der Waals surface area contributed by atoms with Crippen LogP contribution in [0.15, 0.2) is 48.5 Å². The van der Waals surface area contributed by atoms with E-state index in [2.05, 4.69) is 0 Å². The first-order valence-corrected chi connectivity index (χ1v) is 7.14. The number of rotatable bonds is 5. The lowest BCUT2D eigenvalue weighted by molar-refractivity contribution is 0.0536. The van der Waals surface area contributed by atoms with Crippen molar-refractivity contribution >= 4 is 17.4 Å². The summed E-state index contributed by atoms with van der Waals surface area (Å²) in [6, 6.07) is 13.3. The molecule has 2 aromatic carbocycles. The highest BCUT2D eigenvalue weighted by molar-refractivity contribution is 6.35. The fourth-order valence-electron chi connectivity index (χ4n) is 1.98. The molecule has 0 fully saturated rings. The fraction of sp³-hybridized carbons (Fsp3) is 0.235. The molecule has 0 aliphatic rings. The minimum Gasteiger partial charge on any atom is -0.491 e. The quantitative estimate of drug-likeness (QED) is 0.561. The average molecular weight is 325 g/mol. The van der Waals surface area contributed by atoms with E-state index in [1.807, 2.05) is 38.1 Å². The molecule has 0 aliphatic heterocycles. The molecule has 5 heteroatoms. The van der Waals surface area contributed by atoms with E-state index >= 15 is 0 Å². The van der Waals surface area contributed by atoms with Crippen LogP contribution in [-0.2, 0) is 0 Å². The third kappa shape index (κ3) is 4.04. The highest BCUT2D eigenvalue weighted by Gasteiger charge is 2.36. The molecule has 22 heavy (non-hydrogen) atoms. The predicted octanol–water partition coefficient (Wildman–Crippen LogP) is 5.16. The van der Waals surface area contributed by atoms with Gasteiger partial charge < -0.3 is 4.74 Å². The van der Waals surface area contributed by atoms with Gasteiger partial charge in [0, 0.05) is 5.56 Å². The van der Waals surface area contributed by atoms with E-state index < -0.39 is 11.2 Å². The second kappa shape index (κ2) is 6.44. The Balaban J connectivity index is 2.18. The van der Waals surface area contributed by atoms with Crippen LogP contribution in [0.4, 0.5) is 8.78 Å². The van der Waals surface area contributed by atoms with Gasteiger partial charge >= 0.3 is 5.38 Å². The third-order valence-electron chi connectivity index (χ3n) is 2.96. The Morgan fingerprint density at radius 2 is 1.45 bits per heavy atom. The van der Waals surface area contributed by atoms with Crippen LogP contribution in [0.25, 0.3) is 11.1 Å². The summed E-state index contributed by atoms with van der Waals surface area (Å²) in [4.78, 5) is 11.4. The van der Waals surface area contributed by atoms with Gasteiger partial charge in [-0.05, 0) is 48.7 Å². The topological polar surface area (TPSA) is 26.3 Å². The minimum absolute atomic E-state index is 0.0911. The lowest BCUT2D eigenvalue weighted by Crippen LogP contribution is -2.21. The maximum Gasteiger partial charge on any atom is 0.384 e. The van der Waals surface area contributed by atoms with Crippen molar-refractivity contribution in [3.63, 3.8) is 0 Å². The molecule has 2 rings (SSSR count).